The fourth-order valence-electron chi connectivity index (χ4n) is 2.55. The molecule has 0 aromatic carbocycles. The number of ether oxygens (including phenoxy) is 2. The van der Waals surface area contributed by atoms with Crippen molar-refractivity contribution < 1.29 is 19.1 Å². The van der Waals surface area contributed by atoms with Crippen LogP contribution in [0.5, 0.6) is 0 Å². The lowest BCUT2D eigenvalue weighted by Gasteiger charge is -2.38. The number of amides is 2. The first-order valence-corrected chi connectivity index (χ1v) is 7.83. The van der Waals surface area contributed by atoms with Crippen LogP contribution in [-0.2, 0) is 19.1 Å². The van der Waals surface area contributed by atoms with Crippen LogP contribution in [0.2, 0.25) is 0 Å². The summed E-state index contributed by atoms with van der Waals surface area (Å²) in [4.78, 5) is 26.2. The molecule has 2 amide bonds. The second kappa shape index (κ2) is 9.73. The second-order valence-electron chi connectivity index (χ2n) is 5.26. The van der Waals surface area contributed by atoms with E-state index in [0.29, 0.717) is 39.2 Å². The minimum Gasteiger partial charge on any atom is -0.385 e. The van der Waals surface area contributed by atoms with Gasteiger partial charge >= 0.3 is 0 Å². The van der Waals surface area contributed by atoms with E-state index in [1.54, 1.807) is 12.0 Å². The smallest absolute Gasteiger partial charge is 0.245 e. The van der Waals surface area contributed by atoms with Crippen LogP contribution < -0.4 is 5.32 Å². The molecule has 0 aromatic heterocycles. The van der Waals surface area contributed by atoms with Gasteiger partial charge in [-0.2, -0.15) is 0 Å². The van der Waals surface area contributed by atoms with E-state index < -0.39 is 0 Å². The molecule has 6 nitrogen and oxygen atoms in total. The van der Waals surface area contributed by atoms with Crippen molar-refractivity contribution in [3.05, 3.63) is 0 Å². The number of hydrogen-bond donors (Lipinski definition) is 1. The lowest BCUT2D eigenvalue weighted by atomic mass is 10.0. The first kappa shape index (κ1) is 17.9. The molecule has 1 aliphatic heterocycles. The van der Waals surface area contributed by atoms with E-state index in [1.165, 1.54) is 0 Å². The number of carbonyl (C=O) groups is 2. The van der Waals surface area contributed by atoms with Crippen molar-refractivity contribution in [1.82, 2.24) is 10.2 Å². The number of nitrogens with one attached hydrogen (secondary N) is 1. The predicted molar refractivity (Wildman–Crippen MR) is 79.9 cm³/mol. The van der Waals surface area contributed by atoms with Crippen LogP contribution in [-0.4, -0.2) is 62.3 Å². The van der Waals surface area contributed by atoms with Gasteiger partial charge in [-0.3, -0.25) is 9.59 Å². The summed E-state index contributed by atoms with van der Waals surface area (Å²) in [5, 5.41) is 2.83. The Labute approximate surface area is 127 Å². The third-order valence-corrected chi connectivity index (χ3v) is 3.65. The van der Waals surface area contributed by atoms with Gasteiger partial charge in [-0.05, 0) is 19.3 Å². The molecule has 122 valence electrons. The molecular weight excluding hydrogens is 272 g/mol. The van der Waals surface area contributed by atoms with Crippen LogP contribution in [0.1, 0.15) is 39.5 Å². The maximum Gasteiger partial charge on any atom is 0.245 e. The van der Waals surface area contributed by atoms with E-state index in [9.17, 15) is 9.59 Å². The maximum atomic E-state index is 12.4. The fourth-order valence-corrected chi connectivity index (χ4v) is 2.55. The fraction of sp³-hybridized carbons (Fsp3) is 0.867. The molecule has 1 N–H and O–H groups in total. The summed E-state index contributed by atoms with van der Waals surface area (Å²) >= 11 is 0. The van der Waals surface area contributed by atoms with Crippen LogP contribution in [0, 0.1) is 0 Å². The molecule has 1 fully saturated rings. The topological polar surface area (TPSA) is 67.9 Å². The molecule has 0 aromatic rings. The highest BCUT2D eigenvalue weighted by Crippen LogP contribution is 2.15. The summed E-state index contributed by atoms with van der Waals surface area (Å²) in [6.45, 7) is 6.13. The average molecular weight is 300 g/mol. The lowest BCUT2D eigenvalue weighted by molar-refractivity contribution is -0.150. The van der Waals surface area contributed by atoms with Gasteiger partial charge in [0.2, 0.25) is 11.8 Å². The van der Waals surface area contributed by atoms with Crippen molar-refractivity contribution in [2.45, 2.75) is 51.6 Å². The number of methoxy groups -OCH3 is 1. The van der Waals surface area contributed by atoms with Gasteiger partial charge in [-0.1, -0.05) is 20.3 Å². The molecule has 0 saturated carbocycles. The first-order valence-electron chi connectivity index (χ1n) is 7.83. The Morgan fingerprint density at radius 3 is 2.57 bits per heavy atom. The number of piperazine rings is 1. The van der Waals surface area contributed by atoms with Crippen molar-refractivity contribution in [3.63, 3.8) is 0 Å². The van der Waals surface area contributed by atoms with Crippen LogP contribution >= 0.6 is 0 Å². The average Bonchev–Trinajstić information content (AvgIpc) is 2.47. The van der Waals surface area contributed by atoms with E-state index >= 15 is 0 Å². The highest BCUT2D eigenvalue weighted by atomic mass is 16.5. The zero-order chi connectivity index (χ0) is 15.7. The Balaban J connectivity index is 2.49. The Bertz CT molecular complexity index is 336. The highest BCUT2D eigenvalue weighted by Gasteiger charge is 2.38. The summed E-state index contributed by atoms with van der Waals surface area (Å²) in [6.07, 6.45) is 3.02. The molecule has 1 aliphatic rings. The molecule has 2 atom stereocenters. The van der Waals surface area contributed by atoms with E-state index in [2.05, 4.69) is 5.32 Å². The number of hydrogen-bond acceptors (Lipinski definition) is 4. The Morgan fingerprint density at radius 1 is 1.19 bits per heavy atom. The van der Waals surface area contributed by atoms with E-state index in [1.807, 2.05) is 13.8 Å². The summed E-state index contributed by atoms with van der Waals surface area (Å²) in [6, 6.07) is -0.744. The Morgan fingerprint density at radius 2 is 1.95 bits per heavy atom. The molecule has 1 heterocycles. The van der Waals surface area contributed by atoms with Crippen molar-refractivity contribution >= 4 is 11.8 Å². The van der Waals surface area contributed by atoms with Crippen LogP contribution in [0.4, 0.5) is 0 Å². The normalized spacial score (nSPS) is 22.5. The van der Waals surface area contributed by atoms with Gasteiger partial charge in [0.05, 0.1) is 6.61 Å². The largest absolute Gasteiger partial charge is 0.385 e. The zero-order valence-corrected chi connectivity index (χ0v) is 13.4. The van der Waals surface area contributed by atoms with Crippen molar-refractivity contribution in [2.24, 2.45) is 0 Å². The van der Waals surface area contributed by atoms with E-state index in [4.69, 9.17) is 9.47 Å². The standard InChI is InChI=1S/C15H28N2O4/c1-4-7-12-15(19)17(13(5-2)14(18)16-12)8-11-21-10-6-9-20-3/h12-13H,4-11H2,1-3H3,(H,16,18). The Kier molecular flexibility index (Phi) is 8.30. The molecule has 1 rings (SSSR count). The molecule has 0 aliphatic carbocycles. The maximum absolute atomic E-state index is 12.4. The summed E-state index contributed by atoms with van der Waals surface area (Å²) in [7, 11) is 1.66. The van der Waals surface area contributed by atoms with Gasteiger partial charge in [0.25, 0.3) is 0 Å². The van der Waals surface area contributed by atoms with Crippen LogP contribution in [0.3, 0.4) is 0 Å². The number of carbonyl (C=O) groups excluding carboxylic acids is 2. The predicted octanol–water partition coefficient (Wildman–Crippen LogP) is 0.945. The van der Waals surface area contributed by atoms with Gasteiger partial charge < -0.3 is 19.7 Å². The van der Waals surface area contributed by atoms with Crippen molar-refractivity contribution in [2.75, 3.05) is 33.5 Å². The van der Waals surface area contributed by atoms with E-state index in [-0.39, 0.29) is 23.9 Å². The lowest BCUT2D eigenvalue weighted by Crippen LogP contribution is -2.63. The molecule has 0 radical (unpaired) electrons. The molecule has 6 heteroatoms. The van der Waals surface area contributed by atoms with Gasteiger partial charge in [0.15, 0.2) is 0 Å². The molecule has 1 saturated heterocycles. The quantitative estimate of drug-likeness (QED) is 0.610. The molecule has 21 heavy (non-hydrogen) atoms. The van der Waals surface area contributed by atoms with E-state index in [0.717, 1.165) is 12.8 Å². The number of rotatable bonds is 10. The summed E-state index contributed by atoms with van der Waals surface area (Å²) < 4.78 is 10.5. The third kappa shape index (κ3) is 5.28. The Hall–Kier alpha value is -1.14. The molecular formula is C15H28N2O4. The first-order chi connectivity index (χ1) is 10.2. The molecule has 0 bridgehead atoms. The monoisotopic (exact) mass is 300 g/mol. The summed E-state index contributed by atoms with van der Waals surface area (Å²) in [5.74, 6) is -0.0290. The third-order valence-electron chi connectivity index (χ3n) is 3.65. The highest BCUT2D eigenvalue weighted by molar-refractivity contribution is 5.96. The summed E-state index contributed by atoms with van der Waals surface area (Å²) in [5.41, 5.74) is 0. The van der Waals surface area contributed by atoms with Crippen LogP contribution in [0.15, 0.2) is 0 Å². The second-order valence-corrected chi connectivity index (χ2v) is 5.26. The van der Waals surface area contributed by atoms with Gasteiger partial charge in [0.1, 0.15) is 12.1 Å². The molecule has 0 spiro atoms. The minimum atomic E-state index is -0.376. The minimum absolute atomic E-state index is 0.0174. The van der Waals surface area contributed by atoms with Crippen molar-refractivity contribution in [3.8, 4) is 0 Å². The van der Waals surface area contributed by atoms with Gasteiger partial charge in [-0.15, -0.1) is 0 Å². The van der Waals surface area contributed by atoms with Crippen LogP contribution in [0.25, 0.3) is 0 Å². The number of nitrogens with zero attached hydrogens (tertiary/aromatic N) is 1. The molecule has 2 unspecified atom stereocenters. The zero-order valence-electron chi connectivity index (χ0n) is 13.4. The SMILES string of the molecule is CCCC1NC(=O)C(CC)N(CCOCCCOC)C1=O. The van der Waals surface area contributed by atoms with Gasteiger partial charge in [0, 0.05) is 26.9 Å². The van der Waals surface area contributed by atoms with Crippen molar-refractivity contribution in [1.29, 1.82) is 0 Å². The van der Waals surface area contributed by atoms with Gasteiger partial charge in [-0.25, -0.2) is 0 Å².